The molecule has 3 aromatic rings. The van der Waals surface area contributed by atoms with Gasteiger partial charge in [-0.1, -0.05) is 6.07 Å². The summed E-state index contributed by atoms with van der Waals surface area (Å²) in [6.45, 7) is 2.27. The standard InChI is InChI=1S/C23H23FN2O4/c1-4-26-12-18(16-10-20(29-2)21(30-3)11-17(16)23(26)28)22(27)25-19-8-5-13-9-14(24)6-7-15(13)19/h6-7,9-12,19H,4-5,8H2,1-3H3,(H,25,27). The summed E-state index contributed by atoms with van der Waals surface area (Å²) in [6.07, 6.45) is 2.98. The lowest BCUT2D eigenvalue weighted by Gasteiger charge is -2.17. The van der Waals surface area contributed by atoms with Gasteiger partial charge in [-0.15, -0.1) is 0 Å². The van der Waals surface area contributed by atoms with Gasteiger partial charge in [-0.05, 0) is 55.2 Å². The van der Waals surface area contributed by atoms with E-state index in [1.165, 1.54) is 30.9 Å². The average molecular weight is 410 g/mol. The lowest BCUT2D eigenvalue weighted by Crippen LogP contribution is -2.30. The lowest BCUT2D eigenvalue weighted by molar-refractivity contribution is 0.0937. The van der Waals surface area contributed by atoms with Gasteiger partial charge in [0.1, 0.15) is 5.82 Å². The van der Waals surface area contributed by atoms with Crippen molar-refractivity contribution in [3.63, 3.8) is 0 Å². The highest BCUT2D eigenvalue weighted by Crippen LogP contribution is 2.34. The van der Waals surface area contributed by atoms with E-state index in [4.69, 9.17) is 9.47 Å². The van der Waals surface area contributed by atoms with Crippen LogP contribution in [0.15, 0.2) is 41.3 Å². The maximum Gasteiger partial charge on any atom is 0.258 e. The number of aromatic nitrogens is 1. The molecule has 1 aliphatic carbocycles. The number of benzene rings is 2. The van der Waals surface area contributed by atoms with Crippen molar-refractivity contribution < 1.29 is 18.7 Å². The number of hydrogen-bond acceptors (Lipinski definition) is 4. The maximum atomic E-state index is 13.5. The van der Waals surface area contributed by atoms with Crippen molar-refractivity contribution in [3.05, 3.63) is 69.4 Å². The van der Waals surface area contributed by atoms with E-state index in [-0.39, 0.29) is 23.3 Å². The number of pyridine rings is 1. The Balaban J connectivity index is 1.79. The number of ether oxygens (including phenoxy) is 2. The molecule has 1 amide bonds. The van der Waals surface area contributed by atoms with Gasteiger partial charge in [0, 0.05) is 18.1 Å². The fourth-order valence-electron chi connectivity index (χ4n) is 4.11. The maximum absolute atomic E-state index is 13.5. The quantitative estimate of drug-likeness (QED) is 0.698. The summed E-state index contributed by atoms with van der Waals surface area (Å²) >= 11 is 0. The van der Waals surface area contributed by atoms with Crippen LogP contribution in [0.4, 0.5) is 4.39 Å². The molecule has 0 aliphatic heterocycles. The van der Waals surface area contributed by atoms with Crippen molar-refractivity contribution in [2.45, 2.75) is 32.4 Å². The second-order valence-corrected chi connectivity index (χ2v) is 7.29. The molecule has 0 spiro atoms. The van der Waals surface area contributed by atoms with Crippen molar-refractivity contribution in [2.75, 3.05) is 14.2 Å². The van der Waals surface area contributed by atoms with Crippen LogP contribution in [0.3, 0.4) is 0 Å². The molecule has 0 bridgehead atoms. The Kier molecular flexibility index (Phi) is 5.20. The monoisotopic (exact) mass is 410 g/mol. The number of nitrogens with one attached hydrogen (secondary N) is 1. The molecule has 1 aromatic heterocycles. The Hall–Kier alpha value is -3.35. The summed E-state index contributed by atoms with van der Waals surface area (Å²) in [5.74, 6) is 0.294. The molecule has 1 atom stereocenters. The Morgan fingerprint density at radius 3 is 2.53 bits per heavy atom. The van der Waals surface area contributed by atoms with Gasteiger partial charge in [-0.25, -0.2) is 4.39 Å². The van der Waals surface area contributed by atoms with E-state index < -0.39 is 0 Å². The topological polar surface area (TPSA) is 69.6 Å². The number of methoxy groups -OCH3 is 2. The van der Waals surface area contributed by atoms with E-state index in [0.717, 1.165) is 11.1 Å². The third-order valence-electron chi connectivity index (χ3n) is 5.66. The van der Waals surface area contributed by atoms with Crippen molar-refractivity contribution >= 4 is 16.7 Å². The Morgan fingerprint density at radius 1 is 1.17 bits per heavy atom. The van der Waals surface area contributed by atoms with E-state index in [2.05, 4.69) is 5.32 Å². The summed E-state index contributed by atoms with van der Waals surface area (Å²) in [4.78, 5) is 26.1. The first-order valence-electron chi connectivity index (χ1n) is 9.85. The highest BCUT2D eigenvalue weighted by Gasteiger charge is 2.26. The second kappa shape index (κ2) is 7.82. The highest BCUT2D eigenvalue weighted by atomic mass is 19.1. The SMILES string of the molecule is CCn1cc(C(=O)NC2CCc3cc(F)ccc32)c2cc(OC)c(OC)cc2c1=O. The van der Waals surface area contributed by atoms with Crippen LogP contribution >= 0.6 is 0 Å². The number of amides is 1. The van der Waals surface area contributed by atoms with Gasteiger partial charge in [0.15, 0.2) is 11.5 Å². The van der Waals surface area contributed by atoms with Crippen molar-refractivity contribution in [2.24, 2.45) is 0 Å². The normalized spacial score (nSPS) is 15.1. The molecule has 0 radical (unpaired) electrons. The molecule has 7 heteroatoms. The first-order valence-corrected chi connectivity index (χ1v) is 9.85. The first-order chi connectivity index (χ1) is 14.5. The molecule has 0 saturated heterocycles. The number of rotatable bonds is 5. The minimum atomic E-state index is -0.295. The predicted octanol–water partition coefficient (Wildman–Crippen LogP) is 3.60. The molecule has 0 saturated carbocycles. The Morgan fingerprint density at radius 2 is 1.87 bits per heavy atom. The minimum absolute atomic E-state index is 0.202. The molecule has 0 fully saturated rings. The van der Waals surface area contributed by atoms with Crippen LogP contribution in [-0.2, 0) is 13.0 Å². The zero-order valence-corrected chi connectivity index (χ0v) is 17.1. The molecule has 4 rings (SSSR count). The van der Waals surface area contributed by atoms with Crippen LogP contribution in [0.2, 0.25) is 0 Å². The Bertz CT molecular complexity index is 1200. The molecular weight excluding hydrogens is 387 g/mol. The molecule has 156 valence electrons. The van der Waals surface area contributed by atoms with Gasteiger partial charge in [-0.3, -0.25) is 9.59 Å². The van der Waals surface area contributed by atoms with Gasteiger partial charge in [0.05, 0.1) is 31.2 Å². The van der Waals surface area contributed by atoms with Crippen molar-refractivity contribution in [1.29, 1.82) is 0 Å². The van der Waals surface area contributed by atoms with E-state index >= 15 is 0 Å². The van der Waals surface area contributed by atoms with Crippen LogP contribution in [0.5, 0.6) is 11.5 Å². The molecule has 1 unspecified atom stereocenters. The van der Waals surface area contributed by atoms with Gasteiger partial charge in [-0.2, -0.15) is 0 Å². The van der Waals surface area contributed by atoms with E-state index in [1.54, 1.807) is 24.4 Å². The first kappa shape index (κ1) is 19.9. The largest absolute Gasteiger partial charge is 0.493 e. The highest BCUT2D eigenvalue weighted by molar-refractivity contribution is 6.07. The van der Waals surface area contributed by atoms with Crippen molar-refractivity contribution in [3.8, 4) is 11.5 Å². The van der Waals surface area contributed by atoms with E-state index in [1.807, 2.05) is 6.92 Å². The third-order valence-corrected chi connectivity index (χ3v) is 5.66. The van der Waals surface area contributed by atoms with Crippen LogP contribution in [0, 0.1) is 5.82 Å². The van der Waals surface area contributed by atoms with Gasteiger partial charge in [0.2, 0.25) is 0 Å². The molecule has 30 heavy (non-hydrogen) atoms. The minimum Gasteiger partial charge on any atom is -0.493 e. The van der Waals surface area contributed by atoms with Crippen LogP contribution in [-0.4, -0.2) is 24.7 Å². The number of nitrogens with zero attached hydrogens (tertiary/aromatic N) is 1. The number of carbonyl (C=O) groups excluding carboxylic acids is 1. The summed E-state index contributed by atoms with van der Waals surface area (Å²) in [7, 11) is 3.00. The van der Waals surface area contributed by atoms with Crippen LogP contribution < -0.4 is 20.3 Å². The molecule has 1 heterocycles. The predicted molar refractivity (Wildman–Crippen MR) is 112 cm³/mol. The summed E-state index contributed by atoms with van der Waals surface area (Å²) in [6, 6.07) is 7.71. The number of fused-ring (bicyclic) bond motifs is 2. The Labute approximate surface area is 173 Å². The second-order valence-electron chi connectivity index (χ2n) is 7.29. The molecule has 1 N–H and O–H groups in total. The molecule has 1 aliphatic rings. The van der Waals surface area contributed by atoms with Crippen LogP contribution in [0.25, 0.3) is 10.8 Å². The molecule has 2 aromatic carbocycles. The van der Waals surface area contributed by atoms with Gasteiger partial charge >= 0.3 is 0 Å². The zero-order valence-electron chi connectivity index (χ0n) is 17.1. The fourth-order valence-corrected chi connectivity index (χ4v) is 4.11. The number of aryl methyl sites for hydroxylation is 2. The lowest BCUT2D eigenvalue weighted by atomic mass is 10.0. The van der Waals surface area contributed by atoms with Gasteiger partial charge in [0.25, 0.3) is 11.5 Å². The van der Waals surface area contributed by atoms with E-state index in [9.17, 15) is 14.0 Å². The van der Waals surface area contributed by atoms with E-state index in [0.29, 0.717) is 47.2 Å². The number of carbonyl (C=O) groups is 1. The molecule has 6 nitrogen and oxygen atoms in total. The zero-order chi connectivity index (χ0) is 21.4. The van der Waals surface area contributed by atoms with Crippen molar-refractivity contribution in [1.82, 2.24) is 9.88 Å². The fraction of sp³-hybridized carbons (Fsp3) is 0.304. The van der Waals surface area contributed by atoms with Crippen LogP contribution in [0.1, 0.15) is 40.9 Å². The van der Waals surface area contributed by atoms with Gasteiger partial charge < -0.3 is 19.4 Å². The smallest absolute Gasteiger partial charge is 0.258 e. The number of halogens is 1. The third kappa shape index (κ3) is 3.30. The average Bonchev–Trinajstić information content (AvgIpc) is 3.14. The summed E-state index contributed by atoms with van der Waals surface area (Å²) in [5.41, 5.74) is 2.02. The molecular formula is C23H23FN2O4. The number of hydrogen-bond donors (Lipinski definition) is 1. The summed E-state index contributed by atoms with van der Waals surface area (Å²) < 4.78 is 25.7. The summed E-state index contributed by atoms with van der Waals surface area (Å²) in [5, 5.41) is 3.93.